The molecule has 1 saturated heterocycles. The van der Waals surface area contributed by atoms with Gasteiger partial charge in [0, 0.05) is 17.8 Å². The first-order chi connectivity index (χ1) is 11.7. The topological polar surface area (TPSA) is 84.0 Å². The van der Waals surface area contributed by atoms with Crippen LogP contribution in [0.1, 0.15) is 32.8 Å². The minimum absolute atomic E-state index is 0.0844. The number of rotatable bonds is 4. The van der Waals surface area contributed by atoms with Crippen molar-refractivity contribution in [3.05, 3.63) is 42.2 Å². The van der Waals surface area contributed by atoms with E-state index >= 15 is 0 Å². The van der Waals surface area contributed by atoms with Crippen LogP contribution in [0.25, 0.3) is 0 Å². The fraction of sp³-hybridized carbons (Fsp3) is 0.444. The van der Waals surface area contributed by atoms with Crippen LogP contribution in [0.2, 0.25) is 0 Å². The maximum absolute atomic E-state index is 11.6. The average molecular weight is 360 g/mol. The zero-order chi connectivity index (χ0) is 18.1. The predicted molar refractivity (Wildman–Crippen MR) is 101 cm³/mol. The van der Waals surface area contributed by atoms with E-state index in [4.69, 9.17) is 0 Å². The number of benzene rings is 1. The molecule has 1 fully saturated rings. The summed E-state index contributed by atoms with van der Waals surface area (Å²) in [5.41, 5.74) is 2.33. The second-order valence-corrected chi connectivity index (χ2v) is 9.71. The van der Waals surface area contributed by atoms with Gasteiger partial charge < -0.3 is 10.6 Å². The molecule has 1 aliphatic heterocycles. The van der Waals surface area contributed by atoms with E-state index in [1.165, 1.54) is 11.9 Å². The summed E-state index contributed by atoms with van der Waals surface area (Å²) in [6.07, 6.45) is 2.08. The molecular formula is C18H24N4O2S. The van der Waals surface area contributed by atoms with E-state index in [2.05, 4.69) is 53.5 Å². The number of hydrogen-bond donors (Lipinski definition) is 2. The van der Waals surface area contributed by atoms with Gasteiger partial charge in [-0.3, -0.25) is 0 Å². The molecule has 6 nitrogen and oxygen atoms in total. The lowest BCUT2D eigenvalue weighted by molar-refractivity contribution is 0.590. The van der Waals surface area contributed by atoms with Crippen molar-refractivity contribution in [3.63, 3.8) is 0 Å². The van der Waals surface area contributed by atoms with Crippen LogP contribution in [0, 0.1) is 0 Å². The summed E-state index contributed by atoms with van der Waals surface area (Å²) in [6, 6.07) is 9.97. The average Bonchev–Trinajstić information content (AvgIpc) is 2.86. The van der Waals surface area contributed by atoms with Crippen molar-refractivity contribution in [1.29, 1.82) is 0 Å². The van der Waals surface area contributed by atoms with E-state index < -0.39 is 9.84 Å². The SMILES string of the molecule is CC(C)(C)c1ccc(Nc2cc(NC3CCS(=O)(=O)C3)ncn2)cc1. The van der Waals surface area contributed by atoms with Gasteiger partial charge in [-0.1, -0.05) is 32.9 Å². The highest BCUT2D eigenvalue weighted by molar-refractivity contribution is 7.91. The molecule has 0 radical (unpaired) electrons. The molecule has 1 unspecified atom stereocenters. The van der Waals surface area contributed by atoms with E-state index in [9.17, 15) is 8.42 Å². The van der Waals surface area contributed by atoms with E-state index in [1.54, 1.807) is 6.07 Å². The molecule has 0 amide bonds. The van der Waals surface area contributed by atoms with E-state index in [0.717, 1.165) is 5.69 Å². The third kappa shape index (κ3) is 4.69. The fourth-order valence-electron chi connectivity index (χ4n) is 2.82. The zero-order valence-electron chi connectivity index (χ0n) is 14.8. The Bertz CT molecular complexity index is 842. The lowest BCUT2D eigenvalue weighted by Gasteiger charge is -2.19. The number of aromatic nitrogens is 2. The molecule has 25 heavy (non-hydrogen) atoms. The second-order valence-electron chi connectivity index (χ2n) is 7.49. The Balaban J connectivity index is 1.67. The van der Waals surface area contributed by atoms with E-state index in [1.807, 2.05) is 12.1 Å². The van der Waals surface area contributed by atoms with Gasteiger partial charge in [0.25, 0.3) is 0 Å². The zero-order valence-corrected chi connectivity index (χ0v) is 15.6. The lowest BCUT2D eigenvalue weighted by Crippen LogP contribution is -2.21. The number of nitrogens with zero attached hydrogens (tertiary/aromatic N) is 2. The lowest BCUT2D eigenvalue weighted by atomic mass is 9.87. The van der Waals surface area contributed by atoms with Gasteiger partial charge in [-0.05, 0) is 29.5 Å². The van der Waals surface area contributed by atoms with E-state index in [-0.39, 0.29) is 23.0 Å². The summed E-state index contributed by atoms with van der Waals surface area (Å²) in [5.74, 6) is 1.70. The molecule has 1 atom stereocenters. The first kappa shape index (κ1) is 17.7. The first-order valence-electron chi connectivity index (χ1n) is 8.38. The second kappa shape index (κ2) is 6.63. The highest BCUT2D eigenvalue weighted by Gasteiger charge is 2.27. The highest BCUT2D eigenvalue weighted by Crippen LogP contribution is 2.25. The van der Waals surface area contributed by atoms with Gasteiger partial charge in [0.1, 0.15) is 18.0 Å². The van der Waals surface area contributed by atoms with Crippen molar-refractivity contribution in [1.82, 2.24) is 9.97 Å². The quantitative estimate of drug-likeness (QED) is 0.871. The van der Waals surface area contributed by atoms with Crippen molar-refractivity contribution in [2.75, 3.05) is 22.1 Å². The minimum atomic E-state index is -2.91. The molecule has 2 aromatic rings. The highest BCUT2D eigenvalue weighted by atomic mass is 32.2. The summed E-state index contributed by atoms with van der Waals surface area (Å²) < 4.78 is 23.1. The van der Waals surface area contributed by atoms with Crippen molar-refractivity contribution < 1.29 is 8.42 Å². The number of nitrogens with one attached hydrogen (secondary N) is 2. The van der Waals surface area contributed by atoms with Crippen molar-refractivity contribution in [2.45, 2.75) is 38.6 Å². The fourth-order valence-corrected chi connectivity index (χ4v) is 4.50. The third-order valence-electron chi connectivity index (χ3n) is 4.27. The monoisotopic (exact) mass is 360 g/mol. The van der Waals surface area contributed by atoms with Crippen LogP contribution in [0.15, 0.2) is 36.7 Å². The normalized spacial score (nSPS) is 19.6. The Kier molecular flexibility index (Phi) is 4.69. The molecule has 1 aromatic heterocycles. The summed E-state index contributed by atoms with van der Waals surface area (Å²) >= 11 is 0. The van der Waals surface area contributed by atoms with Crippen LogP contribution in [0.5, 0.6) is 0 Å². The summed E-state index contributed by atoms with van der Waals surface area (Å²) in [5, 5.41) is 6.44. The molecule has 0 bridgehead atoms. The van der Waals surface area contributed by atoms with Gasteiger partial charge in [-0.15, -0.1) is 0 Å². The van der Waals surface area contributed by atoms with Crippen LogP contribution in [-0.2, 0) is 15.3 Å². The summed E-state index contributed by atoms with van der Waals surface area (Å²) in [7, 11) is -2.91. The Morgan fingerprint density at radius 2 is 1.76 bits per heavy atom. The maximum atomic E-state index is 11.6. The smallest absolute Gasteiger partial charge is 0.152 e. The molecule has 1 aromatic carbocycles. The van der Waals surface area contributed by atoms with Crippen LogP contribution in [0.4, 0.5) is 17.3 Å². The molecule has 134 valence electrons. The third-order valence-corrected chi connectivity index (χ3v) is 6.04. The van der Waals surface area contributed by atoms with Gasteiger partial charge in [-0.25, -0.2) is 18.4 Å². The minimum Gasteiger partial charge on any atom is -0.366 e. The summed E-state index contributed by atoms with van der Waals surface area (Å²) in [4.78, 5) is 8.41. The Labute approximate surface area is 149 Å². The summed E-state index contributed by atoms with van der Waals surface area (Å²) in [6.45, 7) is 6.54. The molecule has 0 saturated carbocycles. The Hall–Kier alpha value is -2.15. The molecule has 3 rings (SSSR count). The molecule has 7 heteroatoms. The van der Waals surface area contributed by atoms with Crippen molar-refractivity contribution in [2.24, 2.45) is 0 Å². The Morgan fingerprint density at radius 1 is 1.08 bits per heavy atom. The van der Waals surface area contributed by atoms with Gasteiger partial charge in [-0.2, -0.15) is 0 Å². The molecule has 2 N–H and O–H groups in total. The van der Waals surface area contributed by atoms with E-state index in [0.29, 0.717) is 18.1 Å². The molecular weight excluding hydrogens is 336 g/mol. The largest absolute Gasteiger partial charge is 0.366 e. The standard InChI is InChI=1S/C18H24N4O2S/c1-18(2,3)13-4-6-14(7-5-13)21-16-10-17(20-12-19-16)22-15-8-9-25(23,24)11-15/h4-7,10,12,15H,8-9,11H2,1-3H3,(H2,19,20,21,22). The van der Waals surface area contributed by atoms with Crippen LogP contribution in [-0.4, -0.2) is 35.9 Å². The van der Waals surface area contributed by atoms with Gasteiger partial charge >= 0.3 is 0 Å². The number of anilines is 3. The molecule has 0 aliphatic carbocycles. The first-order valence-corrected chi connectivity index (χ1v) is 10.2. The van der Waals surface area contributed by atoms with Crippen molar-refractivity contribution in [3.8, 4) is 0 Å². The van der Waals surface area contributed by atoms with Crippen LogP contribution < -0.4 is 10.6 Å². The number of sulfone groups is 1. The van der Waals surface area contributed by atoms with Gasteiger partial charge in [0.2, 0.25) is 0 Å². The Morgan fingerprint density at radius 3 is 2.36 bits per heavy atom. The van der Waals surface area contributed by atoms with Gasteiger partial charge in [0.15, 0.2) is 9.84 Å². The van der Waals surface area contributed by atoms with Gasteiger partial charge in [0.05, 0.1) is 11.5 Å². The maximum Gasteiger partial charge on any atom is 0.152 e. The van der Waals surface area contributed by atoms with Crippen molar-refractivity contribution >= 4 is 27.2 Å². The number of hydrogen-bond acceptors (Lipinski definition) is 6. The molecule has 2 heterocycles. The predicted octanol–water partition coefficient (Wildman–Crippen LogP) is 3.12. The van der Waals surface area contributed by atoms with Crippen LogP contribution in [0.3, 0.4) is 0 Å². The molecule has 0 spiro atoms. The van der Waals surface area contributed by atoms with Crippen LogP contribution >= 0.6 is 0 Å². The molecule has 1 aliphatic rings.